The van der Waals surface area contributed by atoms with Gasteiger partial charge < -0.3 is 14.4 Å². The number of nitrogens with zero attached hydrogens (tertiary/aromatic N) is 1. The van der Waals surface area contributed by atoms with Crippen molar-refractivity contribution < 1.29 is 19.1 Å². The first-order chi connectivity index (χ1) is 9.34. The second-order valence-electron chi connectivity index (χ2n) is 5.62. The summed E-state index contributed by atoms with van der Waals surface area (Å²) >= 11 is 0. The van der Waals surface area contributed by atoms with Crippen LogP contribution in [0.5, 0.6) is 0 Å². The number of piperidine rings is 1. The van der Waals surface area contributed by atoms with E-state index in [0.29, 0.717) is 23.6 Å². The summed E-state index contributed by atoms with van der Waals surface area (Å²) < 4.78 is 5.48. The van der Waals surface area contributed by atoms with Gasteiger partial charge in [0.15, 0.2) is 0 Å². The van der Waals surface area contributed by atoms with Crippen molar-refractivity contribution in [1.82, 2.24) is 4.90 Å². The second-order valence-corrected chi connectivity index (χ2v) is 5.62. The maximum atomic E-state index is 12.7. The maximum Gasteiger partial charge on any atom is 0.326 e. The number of carbonyl (C=O) groups is 2. The molecule has 0 bridgehead atoms. The van der Waals surface area contributed by atoms with E-state index in [4.69, 9.17) is 4.42 Å². The van der Waals surface area contributed by atoms with Crippen LogP contribution in [-0.2, 0) is 4.79 Å². The Balaban J connectivity index is 2.38. The normalized spacial score (nSPS) is 22.9. The van der Waals surface area contributed by atoms with E-state index in [1.165, 1.54) is 4.90 Å². The molecule has 2 heterocycles. The highest BCUT2D eigenvalue weighted by atomic mass is 16.4. The van der Waals surface area contributed by atoms with Gasteiger partial charge in [0.2, 0.25) is 0 Å². The van der Waals surface area contributed by atoms with Gasteiger partial charge in [0.25, 0.3) is 5.91 Å². The number of furan rings is 1. The van der Waals surface area contributed by atoms with Crippen LogP contribution in [0.1, 0.15) is 47.2 Å². The predicted molar refractivity (Wildman–Crippen MR) is 73.8 cm³/mol. The maximum absolute atomic E-state index is 12.7. The molecule has 5 heteroatoms. The summed E-state index contributed by atoms with van der Waals surface area (Å²) in [5.74, 6) is 0.0887. The van der Waals surface area contributed by atoms with E-state index < -0.39 is 12.0 Å². The van der Waals surface area contributed by atoms with Gasteiger partial charge in [-0.3, -0.25) is 4.79 Å². The molecule has 1 aliphatic rings. The van der Waals surface area contributed by atoms with E-state index in [-0.39, 0.29) is 11.8 Å². The van der Waals surface area contributed by atoms with Gasteiger partial charge in [-0.2, -0.15) is 0 Å². The number of carbonyl (C=O) groups excluding carboxylic acids is 1. The van der Waals surface area contributed by atoms with Crippen molar-refractivity contribution in [2.24, 2.45) is 5.92 Å². The molecule has 110 valence electrons. The number of aryl methyl sites for hydroxylation is 2. The van der Waals surface area contributed by atoms with E-state index in [2.05, 4.69) is 0 Å². The smallest absolute Gasteiger partial charge is 0.326 e. The van der Waals surface area contributed by atoms with Gasteiger partial charge in [-0.25, -0.2) is 4.79 Å². The molecule has 2 unspecified atom stereocenters. The monoisotopic (exact) mass is 279 g/mol. The van der Waals surface area contributed by atoms with Gasteiger partial charge in [-0.05, 0) is 39.5 Å². The molecule has 1 N–H and O–H groups in total. The lowest BCUT2D eigenvalue weighted by Crippen LogP contribution is -2.52. The van der Waals surface area contributed by atoms with Gasteiger partial charge in [0, 0.05) is 12.1 Å². The van der Waals surface area contributed by atoms with E-state index in [1.54, 1.807) is 6.92 Å². The molecule has 1 aromatic heterocycles. The molecule has 1 aliphatic heterocycles. The highest BCUT2D eigenvalue weighted by molar-refractivity contribution is 5.99. The molecule has 5 nitrogen and oxygen atoms in total. The Labute approximate surface area is 118 Å². The molecular formula is C15H21NO4. The van der Waals surface area contributed by atoms with Gasteiger partial charge in [-0.15, -0.1) is 0 Å². The Bertz CT molecular complexity index is 546. The lowest BCUT2D eigenvalue weighted by molar-refractivity contribution is -0.145. The van der Waals surface area contributed by atoms with Crippen LogP contribution in [0.25, 0.3) is 0 Å². The number of hydrogen-bond donors (Lipinski definition) is 1. The molecule has 0 aliphatic carbocycles. The number of hydrogen-bond acceptors (Lipinski definition) is 3. The Kier molecular flexibility index (Phi) is 3.88. The summed E-state index contributed by atoms with van der Waals surface area (Å²) in [6, 6.07) is -0.745. The van der Waals surface area contributed by atoms with E-state index in [0.717, 1.165) is 18.4 Å². The molecule has 1 aromatic rings. The fourth-order valence-electron chi connectivity index (χ4n) is 3.04. The molecule has 1 saturated heterocycles. The first-order valence-electron chi connectivity index (χ1n) is 6.95. The van der Waals surface area contributed by atoms with Crippen LogP contribution in [0.3, 0.4) is 0 Å². The van der Waals surface area contributed by atoms with E-state index >= 15 is 0 Å². The van der Waals surface area contributed by atoms with Crippen LogP contribution in [0.2, 0.25) is 0 Å². The summed E-state index contributed by atoms with van der Waals surface area (Å²) in [5, 5.41) is 9.40. The molecule has 1 amide bonds. The largest absolute Gasteiger partial charge is 0.480 e. The topological polar surface area (TPSA) is 70.8 Å². The molecule has 0 radical (unpaired) electrons. The summed E-state index contributed by atoms with van der Waals surface area (Å²) in [6.45, 7) is 7.77. The number of rotatable bonds is 2. The van der Waals surface area contributed by atoms with Crippen LogP contribution in [0.4, 0.5) is 0 Å². The Hall–Kier alpha value is -1.78. The fraction of sp³-hybridized carbons (Fsp3) is 0.600. The van der Waals surface area contributed by atoms with Crippen molar-refractivity contribution in [3.05, 3.63) is 22.6 Å². The number of likely N-dealkylation sites (tertiary alicyclic amines) is 1. The quantitative estimate of drug-likeness (QED) is 0.903. The van der Waals surface area contributed by atoms with Crippen molar-refractivity contribution >= 4 is 11.9 Å². The lowest BCUT2D eigenvalue weighted by atomic mass is 9.90. The van der Waals surface area contributed by atoms with Gasteiger partial charge in [0.05, 0.1) is 5.56 Å². The first-order valence-corrected chi connectivity index (χ1v) is 6.95. The van der Waals surface area contributed by atoms with Gasteiger partial charge in [0.1, 0.15) is 17.6 Å². The van der Waals surface area contributed by atoms with E-state index in [1.807, 2.05) is 20.8 Å². The molecule has 1 fully saturated rings. The minimum Gasteiger partial charge on any atom is -0.480 e. The van der Waals surface area contributed by atoms with Gasteiger partial charge >= 0.3 is 5.97 Å². The molecule has 0 saturated carbocycles. The summed E-state index contributed by atoms with van der Waals surface area (Å²) in [7, 11) is 0. The van der Waals surface area contributed by atoms with Crippen molar-refractivity contribution in [3.63, 3.8) is 0 Å². The van der Waals surface area contributed by atoms with Crippen LogP contribution >= 0.6 is 0 Å². The Morgan fingerprint density at radius 2 is 1.90 bits per heavy atom. The van der Waals surface area contributed by atoms with Crippen molar-refractivity contribution in [2.45, 2.75) is 46.6 Å². The SMILES string of the molecule is Cc1oc(C)c(C(=O)N2CCCC(C)C2C(=O)O)c1C. The van der Waals surface area contributed by atoms with Crippen LogP contribution in [-0.4, -0.2) is 34.5 Å². The summed E-state index contributed by atoms with van der Waals surface area (Å²) in [6.07, 6.45) is 1.68. The highest BCUT2D eigenvalue weighted by Crippen LogP contribution is 2.28. The zero-order valence-electron chi connectivity index (χ0n) is 12.4. The standard InChI is InChI=1S/C15H21NO4/c1-8-6-5-7-16(13(8)15(18)19)14(17)12-9(2)10(3)20-11(12)4/h8,13H,5-7H2,1-4H3,(H,18,19). The van der Waals surface area contributed by atoms with Gasteiger partial charge in [-0.1, -0.05) is 6.92 Å². The van der Waals surface area contributed by atoms with Crippen molar-refractivity contribution in [3.8, 4) is 0 Å². The summed E-state index contributed by atoms with van der Waals surface area (Å²) in [5.41, 5.74) is 1.32. The summed E-state index contributed by atoms with van der Waals surface area (Å²) in [4.78, 5) is 25.7. The second kappa shape index (κ2) is 5.31. The lowest BCUT2D eigenvalue weighted by Gasteiger charge is -2.37. The Morgan fingerprint density at radius 1 is 1.25 bits per heavy atom. The first kappa shape index (κ1) is 14.6. The zero-order valence-corrected chi connectivity index (χ0v) is 12.4. The Morgan fingerprint density at radius 3 is 2.40 bits per heavy atom. The minimum absolute atomic E-state index is 0.0289. The van der Waals surface area contributed by atoms with Crippen LogP contribution in [0, 0.1) is 26.7 Å². The van der Waals surface area contributed by atoms with Crippen LogP contribution < -0.4 is 0 Å². The average Bonchev–Trinajstić information content (AvgIpc) is 2.61. The van der Waals surface area contributed by atoms with E-state index in [9.17, 15) is 14.7 Å². The van der Waals surface area contributed by atoms with Crippen molar-refractivity contribution in [2.75, 3.05) is 6.54 Å². The third kappa shape index (κ3) is 2.32. The molecule has 0 aromatic carbocycles. The zero-order chi connectivity index (χ0) is 15.0. The number of amides is 1. The van der Waals surface area contributed by atoms with Crippen molar-refractivity contribution in [1.29, 1.82) is 0 Å². The molecule has 0 spiro atoms. The fourth-order valence-corrected chi connectivity index (χ4v) is 3.04. The third-order valence-electron chi connectivity index (χ3n) is 4.22. The molecule has 2 atom stereocenters. The molecule has 2 rings (SSSR count). The molecular weight excluding hydrogens is 258 g/mol. The number of carboxylic acids is 1. The average molecular weight is 279 g/mol. The minimum atomic E-state index is -0.930. The predicted octanol–water partition coefficient (Wildman–Crippen LogP) is 2.53. The third-order valence-corrected chi connectivity index (χ3v) is 4.22. The number of aliphatic carboxylic acids is 1. The highest BCUT2D eigenvalue weighted by Gasteiger charge is 2.38. The number of carboxylic acid groups (broad SMARTS) is 1. The molecule has 20 heavy (non-hydrogen) atoms. The van der Waals surface area contributed by atoms with Crippen LogP contribution in [0.15, 0.2) is 4.42 Å².